The molecule has 79 valence electrons. The Morgan fingerprint density at radius 1 is 1.27 bits per heavy atom. The summed E-state index contributed by atoms with van der Waals surface area (Å²) in [5.74, 6) is 0. The second kappa shape index (κ2) is 3.06. The molecule has 1 fully saturated rings. The lowest BCUT2D eigenvalue weighted by atomic mass is 9.97. The first-order valence-corrected chi connectivity index (χ1v) is 4.30. The molecule has 0 spiro atoms. The first-order chi connectivity index (χ1) is 6.99. The predicted octanol–water partition coefficient (Wildman–Crippen LogP) is 1.51. The molecule has 1 aliphatic heterocycles. The van der Waals surface area contributed by atoms with Crippen molar-refractivity contribution >= 4 is 6.29 Å². The third kappa shape index (κ3) is 1.52. The Hall–Kier alpha value is -1.36. The van der Waals surface area contributed by atoms with Crippen LogP contribution in [-0.2, 0) is 10.3 Å². The van der Waals surface area contributed by atoms with E-state index in [2.05, 4.69) is 5.32 Å². The van der Waals surface area contributed by atoms with Crippen molar-refractivity contribution in [2.75, 3.05) is 6.54 Å². The van der Waals surface area contributed by atoms with Crippen molar-refractivity contribution in [2.24, 2.45) is 0 Å². The highest BCUT2D eigenvalue weighted by atomic mass is 19.4. The average molecular weight is 214 g/mol. The van der Waals surface area contributed by atoms with Crippen molar-refractivity contribution in [3.05, 3.63) is 35.4 Å². The SMILES string of the molecule is O=[C]c1ccc(C2(C(F)(F)F)CN2)cc1. The van der Waals surface area contributed by atoms with Gasteiger partial charge in [0, 0.05) is 12.1 Å². The summed E-state index contributed by atoms with van der Waals surface area (Å²) < 4.78 is 37.9. The lowest BCUT2D eigenvalue weighted by Gasteiger charge is -2.17. The van der Waals surface area contributed by atoms with Gasteiger partial charge in [0.15, 0.2) is 5.54 Å². The van der Waals surface area contributed by atoms with Gasteiger partial charge in [-0.25, -0.2) is 0 Å². The van der Waals surface area contributed by atoms with Crippen LogP contribution in [0.5, 0.6) is 0 Å². The fraction of sp³-hybridized carbons (Fsp3) is 0.300. The Kier molecular flexibility index (Phi) is 2.08. The molecule has 2 rings (SSSR count). The topological polar surface area (TPSA) is 39.0 Å². The molecule has 0 aliphatic carbocycles. The van der Waals surface area contributed by atoms with Gasteiger partial charge in [-0.05, 0) is 5.56 Å². The highest BCUT2D eigenvalue weighted by Crippen LogP contribution is 2.45. The zero-order valence-corrected chi connectivity index (χ0v) is 7.56. The average Bonchev–Trinajstić information content (AvgIpc) is 2.98. The maximum absolute atomic E-state index is 12.6. The standard InChI is InChI=1S/C10H7F3NO/c11-10(12,13)9(6-14-9)8-3-1-7(5-15)2-4-8/h1-4,14H,6H2. The van der Waals surface area contributed by atoms with Crippen LogP contribution in [-0.4, -0.2) is 19.0 Å². The van der Waals surface area contributed by atoms with Crippen LogP contribution in [0.1, 0.15) is 11.1 Å². The molecule has 1 N–H and O–H groups in total. The zero-order chi connectivity index (χ0) is 11.1. The molecule has 0 saturated carbocycles. The van der Waals surface area contributed by atoms with E-state index in [-0.39, 0.29) is 17.7 Å². The second-order valence-corrected chi connectivity index (χ2v) is 3.44. The van der Waals surface area contributed by atoms with Crippen LogP contribution in [0.3, 0.4) is 0 Å². The molecule has 0 amide bonds. The van der Waals surface area contributed by atoms with Crippen molar-refractivity contribution < 1.29 is 18.0 Å². The Morgan fingerprint density at radius 3 is 2.13 bits per heavy atom. The van der Waals surface area contributed by atoms with E-state index in [4.69, 9.17) is 0 Å². The maximum Gasteiger partial charge on any atom is 0.412 e. The summed E-state index contributed by atoms with van der Waals surface area (Å²) in [7, 11) is 0. The van der Waals surface area contributed by atoms with Gasteiger partial charge in [0.1, 0.15) is 0 Å². The maximum atomic E-state index is 12.6. The lowest BCUT2D eigenvalue weighted by molar-refractivity contribution is -0.161. The largest absolute Gasteiger partial charge is 0.412 e. The Labute approximate surface area is 84.1 Å². The van der Waals surface area contributed by atoms with Gasteiger partial charge < -0.3 is 0 Å². The molecule has 1 saturated heterocycles. The fourth-order valence-electron chi connectivity index (χ4n) is 1.48. The molecule has 1 aliphatic rings. The van der Waals surface area contributed by atoms with Crippen LogP contribution in [0.4, 0.5) is 13.2 Å². The number of hydrogen-bond donors (Lipinski definition) is 1. The number of hydrogen-bond acceptors (Lipinski definition) is 2. The number of rotatable bonds is 2. The van der Waals surface area contributed by atoms with Crippen molar-refractivity contribution in [3.63, 3.8) is 0 Å². The van der Waals surface area contributed by atoms with E-state index in [9.17, 15) is 18.0 Å². The van der Waals surface area contributed by atoms with E-state index in [1.54, 1.807) is 6.29 Å². The summed E-state index contributed by atoms with van der Waals surface area (Å²) >= 11 is 0. The third-order valence-electron chi connectivity index (χ3n) is 2.51. The quantitative estimate of drug-likeness (QED) is 0.758. The molecule has 1 unspecified atom stereocenters. The Bertz CT molecular complexity index is 379. The van der Waals surface area contributed by atoms with E-state index in [0.29, 0.717) is 0 Å². The van der Waals surface area contributed by atoms with Crippen LogP contribution in [0.25, 0.3) is 0 Å². The van der Waals surface area contributed by atoms with Crippen LogP contribution < -0.4 is 5.32 Å². The molecule has 1 radical (unpaired) electrons. The number of carbonyl (C=O) groups excluding carboxylic acids is 1. The van der Waals surface area contributed by atoms with Crippen molar-refractivity contribution in [2.45, 2.75) is 11.7 Å². The van der Waals surface area contributed by atoms with Crippen molar-refractivity contribution in [1.82, 2.24) is 5.32 Å². The molecule has 5 heteroatoms. The third-order valence-corrected chi connectivity index (χ3v) is 2.51. The predicted molar refractivity (Wildman–Crippen MR) is 47.0 cm³/mol. The second-order valence-electron chi connectivity index (χ2n) is 3.44. The first-order valence-electron chi connectivity index (χ1n) is 4.30. The van der Waals surface area contributed by atoms with E-state index < -0.39 is 11.7 Å². The monoisotopic (exact) mass is 214 g/mol. The summed E-state index contributed by atoms with van der Waals surface area (Å²) in [6.45, 7) is -0.110. The van der Waals surface area contributed by atoms with E-state index in [1.807, 2.05) is 0 Å². The normalized spacial score (nSPS) is 25.0. The van der Waals surface area contributed by atoms with E-state index >= 15 is 0 Å². The van der Waals surface area contributed by atoms with Crippen LogP contribution in [0, 0.1) is 0 Å². The van der Waals surface area contributed by atoms with Crippen molar-refractivity contribution in [1.29, 1.82) is 0 Å². The summed E-state index contributed by atoms with van der Waals surface area (Å²) in [6, 6.07) is 5.26. The van der Waals surface area contributed by atoms with Gasteiger partial charge in [-0.1, -0.05) is 24.3 Å². The van der Waals surface area contributed by atoms with Crippen LogP contribution >= 0.6 is 0 Å². The summed E-state index contributed by atoms with van der Waals surface area (Å²) in [5, 5.41) is 2.32. The molecule has 0 bridgehead atoms. The van der Waals surface area contributed by atoms with Gasteiger partial charge >= 0.3 is 6.18 Å². The molecule has 1 aromatic carbocycles. The highest BCUT2D eigenvalue weighted by molar-refractivity contribution is 5.75. The van der Waals surface area contributed by atoms with Gasteiger partial charge in [0.2, 0.25) is 6.29 Å². The molecule has 15 heavy (non-hydrogen) atoms. The van der Waals surface area contributed by atoms with Gasteiger partial charge in [-0.15, -0.1) is 0 Å². The number of benzene rings is 1. The Morgan fingerprint density at radius 2 is 1.80 bits per heavy atom. The molecule has 0 aromatic heterocycles. The molecular weight excluding hydrogens is 207 g/mol. The summed E-state index contributed by atoms with van der Waals surface area (Å²) in [5.41, 5.74) is -1.53. The molecule has 2 nitrogen and oxygen atoms in total. The van der Waals surface area contributed by atoms with E-state index in [0.717, 1.165) is 0 Å². The molecule has 1 atom stereocenters. The van der Waals surface area contributed by atoms with E-state index in [1.165, 1.54) is 24.3 Å². The minimum Gasteiger partial charge on any atom is -0.296 e. The minimum absolute atomic E-state index is 0.110. The van der Waals surface area contributed by atoms with Gasteiger partial charge in [0.05, 0.1) is 0 Å². The molecular formula is C10H7F3NO. The lowest BCUT2D eigenvalue weighted by Crippen LogP contribution is -2.33. The number of alkyl halides is 3. The zero-order valence-electron chi connectivity index (χ0n) is 7.56. The first kappa shape index (κ1) is 10.2. The highest BCUT2D eigenvalue weighted by Gasteiger charge is 2.64. The molecule has 1 aromatic rings. The van der Waals surface area contributed by atoms with Crippen molar-refractivity contribution in [3.8, 4) is 0 Å². The van der Waals surface area contributed by atoms with Gasteiger partial charge in [-0.3, -0.25) is 10.1 Å². The van der Waals surface area contributed by atoms with Crippen LogP contribution in [0.15, 0.2) is 24.3 Å². The smallest absolute Gasteiger partial charge is 0.296 e. The van der Waals surface area contributed by atoms with Gasteiger partial charge in [0.25, 0.3) is 0 Å². The minimum atomic E-state index is -4.31. The summed E-state index contributed by atoms with van der Waals surface area (Å²) in [6.07, 6.45) is -2.69. The molecule has 1 heterocycles. The Balaban J connectivity index is 2.34. The fourth-order valence-corrected chi connectivity index (χ4v) is 1.48. The van der Waals surface area contributed by atoms with Gasteiger partial charge in [-0.2, -0.15) is 13.2 Å². The number of nitrogens with one attached hydrogen (secondary N) is 1. The number of halogens is 3. The van der Waals surface area contributed by atoms with Crippen LogP contribution in [0.2, 0.25) is 0 Å². The summed E-state index contributed by atoms with van der Waals surface area (Å²) in [4.78, 5) is 10.2.